The van der Waals surface area contributed by atoms with Crippen LogP contribution in [0, 0.1) is 12.1 Å². The second-order valence-corrected chi connectivity index (χ2v) is 20.1. The van der Waals surface area contributed by atoms with Gasteiger partial charge in [0.1, 0.15) is 0 Å². The van der Waals surface area contributed by atoms with E-state index >= 15 is 0 Å². The minimum Gasteiger partial charge on any atom is -0.273 e. The Balaban J connectivity index is 0.000000193. The second-order valence-electron chi connectivity index (χ2n) is 18.1. The van der Waals surface area contributed by atoms with E-state index in [2.05, 4.69) is 187 Å². The molecule has 64 heavy (non-hydrogen) atoms. The van der Waals surface area contributed by atoms with E-state index < -0.39 is 0 Å². The van der Waals surface area contributed by atoms with Crippen LogP contribution < -0.4 is 0 Å². The third kappa shape index (κ3) is 10.5. The molecule has 0 spiro atoms. The Kier molecular flexibility index (Phi) is 16.0. The van der Waals surface area contributed by atoms with E-state index in [-0.39, 0.29) is 35.6 Å². The van der Waals surface area contributed by atoms with Crippen molar-refractivity contribution in [2.75, 3.05) is 0 Å². The molecule has 0 aromatic heterocycles. The van der Waals surface area contributed by atoms with Crippen molar-refractivity contribution in [3.05, 3.63) is 225 Å². The Hall–Kier alpha value is -4.33. The number of hydrogen-bond donors (Lipinski definition) is 0. The molecule has 0 atom stereocenters. The van der Waals surface area contributed by atoms with E-state index in [1.54, 1.807) is 0 Å². The summed E-state index contributed by atoms with van der Waals surface area (Å²) in [5.74, 6) is 0. The van der Waals surface area contributed by atoms with Crippen LogP contribution in [0.2, 0.25) is 10.0 Å². The summed E-state index contributed by atoms with van der Waals surface area (Å²) in [6.07, 6.45) is 10.9. The third-order valence-corrected chi connectivity index (χ3v) is 13.7. The van der Waals surface area contributed by atoms with Gasteiger partial charge in [-0.3, -0.25) is 6.08 Å². The maximum absolute atomic E-state index is 6.38. The zero-order valence-corrected chi connectivity index (χ0v) is 42.8. The average Bonchev–Trinajstić information content (AvgIpc) is 3.98. The van der Waals surface area contributed by atoms with Crippen LogP contribution in [0.5, 0.6) is 0 Å². The fourth-order valence-electron chi connectivity index (χ4n) is 8.55. The molecule has 0 radical (unpaired) electrons. The van der Waals surface area contributed by atoms with Crippen LogP contribution in [0.15, 0.2) is 170 Å². The summed E-state index contributed by atoms with van der Waals surface area (Å²) in [5, 5.41) is 6.15. The molecule has 2 aliphatic carbocycles. The van der Waals surface area contributed by atoms with Crippen molar-refractivity contribution < 1.29 is 24.2 Å². The molecule has 0 saturated carbocycles. The van der Waals surface area contributed by atoms with Gasteiger partial charge in [0, 0.05) is 0 Å². The van der Waals surface area contributed by atoms with Crippen molar-refractivity contribution in [1.82, 2.24) is 0 Å². The second kappa shape index (κ2) is 20.9. The normalized spacial score (nSPS) is 12.3. The Morgan fingerprint density at radius 2 is 1.02 bits per heavy atom. The SMILES string of the molecule is CC(C)(C)c1cc2c([c-]c1-c1ccccc1)Cc1cc(-c3ccccc3)c(C(C)(C)C)cc1-2.Cl.Cl.Clc1ccc([C](=[Zr+2])c2ccc(Cl)c3ccccc23)c2ccccc12.[C-]1=CC=CC1. The minimum atomic E-state index is 0. The molecule has 0 fully saturated rings. The summed E-state index contributed by atoms with van der Waals surface area (Å²) in [6, 6.07) is 57.6. The van der Waals surface area contributed by atoms with E-state index in [0.29, 0.717) is 0 Å². The first kappa shape index (κ1) is 49.1. The average molecular weight is 994 g/mol. The number of rotatable bonds is 4. The smallest absolute Gasteiger partial charge is 0.109 e. The molecule has 10 rings (SSSR count). The Morgan fingerprint density at radius 1 is 0.531 bits per heavy atom. The predicted molar refractivity (Wildman–Crippen MR) is 279 cm³/mol. The van der Waals surface area contributed by atoms with Crippen LogP contribution >= 0.6 is 48.0 Å². The molecule has 0 unspecified atom stereocenters. The summed E-state index contributed by atoms with van der Waals surface area (Å²) in [6.45, 7) is 13.9. The Bertz CT molecular complexity index is 2800. The molecule has 0 aliphatic heterocycles. The number of halogens is 4. The maximum atomic E-state index is 6.38. The van der Waals surface area contributed by atoms with Crippen LogP contribution in [-0.4, -0.2) is 3.21 Å². The van der Waals surface area contributed by atoms with E-state index in [1.807, 2.05) is 36.4 Å². The molecular formula is C59H52Cl4Zr. The zero-order chi connectivity index (χ0) is 43.6. The van der Waals surface area contributed by atoms with Gasteiger partial charge in [0.25, 0.3) is 0 Å². The molecule has 2 aliphatic rings. The van der Waals surface area contributed by atoms with Crippen molar-refractivity contribution in [3.8, 4) is 33.4 Å². The van der Waals surface area contributed by atoms with Crippen LogP contribution in [-0.2, 0) is 41.5 Å². The van der Waals surface area contributed by atoms with Gasteiger partial charge < -0.3 is 0 Å². The topological polar surface area (TPSA) is 0 Å². The number of benzene rings is 8. The molecule has 0 bridgehead atoms. The van der Waals surface area contributed by atoms with Gasteiger partial charge in [0.05, 0.1) is 0 Å². The van der Waals surface area contributed by atoms with Gasteiger partial charge in [0.15, 0.2) is 0 Å². The Labute approximate surface area is 417 Å². The number of hydrogen-bond acceptors (Lipinski definition) is 0. The van der Waals surface area contributed by atoms with Gasteiger partial charge in [-0.05, 0) is 39.5 Å². The molecule has 5 heteroatoms. The Morgan fingerprint density at radius 3 is 1.48 bits per heavy atom. The first-order chi connectivity index (χ1) is 29.8. The summed E-state index contributed by atoms with van der Waals surface area (Å²) < 4.78 is 1.31. The molecule has 0 amide bonds. The van der Waals surface area contributed by atoms with E-state index in [4.69, 9.17) is 23.2 Å². The van der Waals surface area contributed by atoms with Gasteiger partial charge in [-0.25, -0.2) is 12.2 Å². The molecule has 0 nitrogen and oxygen atoms in total. The van der Waals surface area contributed by atoms with Crippen LogP contribution in [0.4, 0.5) is 0 Å². The van der Waals surface area contributed by atoms with Crippen molar-refractivity contribution in [2.24, 2.45) is 0 Å². The largest absolute Gasteiger partial charge is 0.273 e. The molecule has 0 N–H and O–H groups in total. The third-order valence-electron chi connectivity index (χ3n) is 11.7. The van der Waals surface area contributed by atoms with Gasteiger partial charge in [0.2, 0.25) is 0 Å². The molecule has 8 aromatic rings. The predicted octanol–water partition coefficient (Wildman–Crippen LogP) is 17.6. The zero-order valence-electron chi connectivity index (χ0n) is 37.2. The molecule has 0 saturated heterocycles. The maximum Gasteiger partial charge on any atom is -0.109 e. The first-order valence-electron chi connectivity index (χ1n) is 21.3. The summed E-state index contributed by atoms with van der Waals surface area (Å²) in [7, 11) is 0. The molecule has 320 valence electrons. The number of allylic oxidation sites excluding steroid dienone is 4. The fourth-order valence-corrected chi connectivity index (χ4v) is 10.1. The van der Waals surface area contributed by atoms with Gasteiger partial charge in [-0.2, -0.15) is 6.08 Å². The van der Waals surface area contributed by atoms with Crippen molar-refractivity contribution >= 4 is 72.8 Å². The summed E-state index contributed by atoms with van der Waals surface area (Å²) >= 11 is 14.1. The fraction of sp³-hybridized carbons (Fsp3) is 0.169. The first-order valence-corrected chi connectivity index (χ1v) is 23.3. The van der Waals surface area contributed by atoms with Gasteiger partial charge >= 0.3 is 166 Å². The molecule has 8 aromatic carbocycles. The van der Waals surface area contributed by atoms with Crippen molar-refractivity contribution in [1.29, 1.82) is 0 Å². The summed E-state index contributed by atoms with van der Waals surface area (Å²) in [5.41, 5.74) is 16.0. The minimum absolute atomic E-state index is 0. The van der Waals surface area contributed by atoms with Crippen molar-refractivity contribution in [2.45, 2.75) is 65.2 Å². The van der Waals surface area contributed by atoms with Crippen LogP contribution in [0.25, 0.3) is 54.9 Å². The molecular weight excluding hydrogens is 942 g/mol. The number of fused-ring (bicyclic) bond motifs is 5. The van der Waals surface area contributed by atoms with E-state index in [0.717, 1.165) is 33.7 Å². The van der Waals surface area contributed by atoms with Gasteiger partial charge in [-0.1, -0.05) is 131 Å². The van der Waals surface area contributed by atoms with Gasteiger partial charge in [-0.15, -0.1) is 60.1 Å². The monoisotopic (exact) mass is 990 g/mol. The van der Waals surface area contributed by atoms with Crippen molar-refractivity contribution in [3.63, 3.8) is 0 Å². The quantitative estimate of drug-likeness (QED) is 0.154. The van der Waals surface area contributed by atoms with Crippen LogP contribution in [0.3, 0.4) is 0 Å². The standard InChI is InChI=1S/C33H33.C21H12Cl2.C5H5.2ClH.Zr/c1-32(2,3)30-20-26-24(18-28(30)22-13-9-7-10-14-22)17-25-19-29(23-15-11-8-12-16-23)31(21-27(25)26)33(4,5)6;22-20-11-9-14(16-5-1-3-7-18(16)20)13-15-10-12-21(23)19-8-4-2-6-17(15)19;1-2-4-5-3-1;;;/h7-16,18,20-21H,17H2,1-6H3;1-12H;1-3H,4H2;2*1H;/q-1;;-1;;;+2. The van der Waals surface area contributed by atoms with Crippen LogP contribution in [0.1, 0.15) is 81.3 Å². The molecule has 0 heterocycles. The van der Waals surface area contributed by atoms with E-state index in [1.165, 1.54) is 105 Å². The van der Waals surface area contributed by atoms with E-state index in [9.17, 15) is 0 Å². The summed E-state index contributed by atoms with van der Waals surface area (Å²) in [4.78, 5) is 0.